The predicted octanol–water partition coefficient (Wildman–Crippen LogP) is 5.01. The highest BCUT2D eigenvalue weighted by Crippen LogP contribution is 2.27. The maximum atomic E-state index is 14.3. The van der Waals surface area contributed by atoms with E-state index >= 15 is 0 Å². The largest absolute Gasteiger partial charge is 0.465 e. The molecule has 15 heteroatoms. The van der Waals surface area contributed by atoms with E-state index in [1.165, 1.54) is 0 Å². The van der Waals surface area contributed by atoms with Crippen molar-refractivity contribution in [3.63, 3.8) is 0 Å². The van der Waals surface area contributed by atoms with E-state index in [-0.39, 0.29) is 30.4 Å². The summed E-state index contributed by atoms with van der Waals surface area (Å²) in [5.41, 5.74) is 4.44. The first-order valence-corrected chi connectivity index (χ1v) is 21.3. The van der Waals surface area contributed by atoms with Crippen LogP contribution >= 0.6 is 0 Å². The number of oxazole rings is 1. The third-order valence-electron chi connectivity index (χ3n) is 11.8. The number of aromatic amines is 1. The Kier molecular flexibility index (Phi) is 14.9. The van der Waals surface area contributed by atoms with Crippen LogP contribution in [0.3, 0.4) is 0 Å². The number of amides is 4. The number of urea groups is 1. The van der Waals surface area contributed by atoms with Crippen molar-refractivity contribution in [2.45, 2.75) is 97.2 Å². The second-order valence-electron chi connectivity index (χ2n) is 15.6. The molecule has 58 heavy (non-hydrogen) atoms. The number of H-pyrrole nitrogens is 1. The van der Waals surface area contributed by atoms with Crippen LogP contribution in [0, 0.1) is 6.92 Å². The Hall–Kier alpha value is -4.89. The lowest BCUT2D eigenvalue weighted by Crippen LogP contribution is -2.55. The van der Waals surface area contributed by atoms with Gasteiger partial charge in [0.15, 0.2) is 11.7 Å². The van der Waals surface area contributed by atoms with Gasteiger partial charge >= 0.3 is 23.8 Å². The third kappa shape index (κ3) is 10.6. The SMILES string of the molecule is CC.CCCCOC(=O)CN1CCN(C2CCN(C(=O)[C@@H](Cc3cc(C)c4[nH]c(=O)oc4c3)OC(=O)N3CCC(N4CCc5ccccc5NC4=O)CC3)CC2)CC1. The molecule has 0 spiro atoms. The average molecular weight is 804 g/mol. The minimum Gasteiger partial charge on any atom is -0.465 e. The number of carbonyl (C=O) groups is 4. The molecule has 7 rings (SSSR count). The second-order valence-corrected chi connectivity index (χ2v) is 15.6. The van der Waals surface area contributed by atoms with E-state index in [0.717, 1.165) is 80.7 Å². The topological polar surface area (TPSA) is 161 Å². The maximum absolute atomic E-state index is 14.3. The summed E-state index contributed by atoms with van der Waals surface area (Å²) in [4.78, 5) is 78.0. The number of nitrogens with one attached hydrogen (secondary N) is 2. The molecular weight excluding hydrogens is 743 g/mol. The van der Waals surface area contributed by atoms with Crippen LogP contribution in [-0.4, -0.2) is 144 Å². The van der Waals surface area contributed by atoms with Crippen LogP contribution in [0.2, 0.25) is 0 Å². The van der Waals surface area contributed by atoms with Gasteiger partial charge in [-0.05, 0) is 74.3 Å². The monoisotopic (exact) mass is 803 g/mol. The van der Waals surface area contributed by atoms with Gasteiger partial charge < -0.3 is 33.9 Å². The highest BCUT2D eigenvalue weighted by atomic mass is 16.6. The number of piperidine rings is 2. The minimum atomic E-state index is -1.07. The molecule has 4 amide bonds. The molecule has 5 heterocycles. The van der Waals surface area contributed by atoms with Gasteiger partial charge in [-0.1, -0.05) is 51.5 Å². The smallest absolute Gasteiger partial charge is 0.417 e. The molecule has 3 fully saturated rings. The fraction of sp³-hybridized carbons (Fsp3) is 0.605. The Morgan fingerprint density at radius 2 is 1.57 bits per heavy atom. The lowest BCUT2D eigenvalue weighted by Gasteiger charge is -2.43. The van der Waals surface area contributed by atoms with Gasteiger partial charge in [-0.2, -0.15) is 0 Å². The maximum Gasteiger partial charge on any atom is 0.417 e. The number of nitrogens with zero attached hydrogens (tertiary/aromatic N) is 5. The van der Waals surface area contributed by atoms with Crippen LogP contribution in [0.1, 0.15) is 76.0 Å². The average Bonchev–Trinajstić information content (AvgIpc) is 3.54. The van der Waals surface area contributed by atoms with E-state index < -0.39 is 18.0 Å². The van der Waals surface area contributed by atoms with Gasteiger partial charge in [0.05, 0.1) is 18.7 Å². The molecule has 3 aromatic rings. The Morgan fingerprint density at radius 3 is 2.29 bits per heavy atom. The number of rotatable bonds is 11. The van der Waals surface area contributed by atoms with Crippen molar-refractivity contribution < 1.29 is 33.1 Å². The third-order valence-corrected chi connectivity index (χ3v) is 11.8. The summed E-state index contributed by atoms with van der Waals surface area (Å²) in [6.45, 7) is 14.5. The number of hydrogen-bond acceptors (Lipinski definition) is 10. The molecule has 0 saturated carbocycles. The number of ether oxygens (including phenoxy) is 2. The van der Waals surface area contributed by atoms with Crippen molar-refractivity contribution in [1.82, 2.24) is 29.5 Å². The Bertz CT molecular complexity index is 1920. The molecule has 1 atom stereocenters. The van der Waals surface area contributed by atoms with Crippen molar-refractivity contribution in [2.75, 3.05) is 77.4 Å². The Labute approximate surface area is 340 Å². The highest BCUT2D eigenvalue weighted by molar-refractivity contribution is 5.91. The predicted molar refractivity (Wildman–Crippen MR) is 221 cm³/mol. The van der Waals surface area contributed by atoms with E-state index in [1.807, 2.05) is 56.0 Å². The summed E-state index contributed by atoms with van der Waals surface area (Å²) >= 11 is 0. The quantitative estimate of drug-likeness (QED) is 0.199. The first-order valence-electron chi connectivity index (χ1n) is 21.3. The number of fused-ring (bicyclic) bond motifs is 2. The van der Waals surface area contributed by atoms with E-state index in [2.05, 4.69) is 27.0 Å². The first kappa shape index (κ1) is 42.7. The van der Waals surface area contributed by atoms with Crippen molar-refractivity contribution in [2.24, 2.45) is 0 Å². The van der Waals surface area contributed by atoms with E-state index in [1.54, 1.807) is 15.9 Å². The van der Waals surface area contributed by atoms with Gasteiger partial charge in [-0.25, -0.2) is 14.4 Å². The van der Waals surface area contributed by atoms with Crippen LogP contribution in [0.15, 0.2) is 45.6 Å². The van der Waals surface area contributed by atoms with E-state index in [0.29, 0.717) is 75.9 Å². The van der Waals surface area contributed by atoms with Gasteiger partial charge in [0.25, 0.3) is 5.91 Å². The van der Waals surface area contributed by atoms with Crippen molar-refractivity contribution >= 4 is 40.8 Å². The molecular formula is C43H61N7O8. The minimum absolute atomic E-state index is 0.0205. The molecule has 1 aromatic heterocycles. The summed E-state index contributed by atoms with van der Waals surface area (Å²) in [5, 5.41) is 3.04. The number of para-hydroxylation sites is 1. The molecule has 0 radical (unpaired) electrons. The molecule has 15 nitrogen and oxygen atoms in total. The zero-order chi connectivity index (χ0) is 41.2. The number of carbonyl (C=O) groups excluding carboxylic acids is 4. The van der Waals surface area contributed by atoms with Gasteiger partial charge in [-0.15, -0.1) is 0 Å². The molecule has 2 N–H and O–H groups in total. The molecule has 0 aliphatic carbocycles. The van der Waals surface area contributed by atoms with E-state index in [9.17, 15) is 24.0 Å². The van der Waals surface area contributed by atoms with Gasteiger partial charge in [0.1, 0.15) is 0 Å². The Balaban J connectivity index is 0.00000279. The van der Waals surface area contributed by atoms with Crippen LogP contribution < -0.4 is 11.1 Å². The second kappa shape index (κ2) is 20.2. The van der Waals surface area contributed by atoms with Gasteiger partial charge in [-0.3, -0.25) is 24.4 Å². The van der Waals surface area contributed by atoms with Crippen molar-refractivity contribution in [3.05, 3.63) is 63.6 Å². The number of aryl methyl sites for hydroxylation is 1. The molecule has 2 aromatic carbocycles. The molecule has 316 valence electrons. The standard InChI is InChI=1S/C41H55N7O8.C2H6/c1-3-4-23-54-36(49)27-44-19-21-45(22-20-44)31-10-14-46(15-11-31)38(50)35(26-29-24-28(2)37-34(25-29)55-40(52)43-37)56-41(53)47-16-12-32(13-17-47)48-18-9-30-7-5-6-8-33(30)42-39(48)51;1-2/h5-8,24-25,31-32,35H,3-4,9-23,26-27H2,1-2H3,(H,42,51)(H,43,52);1-2H3/t35-;/m1./s1. The molecule has 0 bridgehead atoms. The number of hydrogen-bond donors (Lipinski definition) is 2. The van der Waals surface area contributed by atoms with Crippen molar-refractivity contribution in [1.29, 1.82) is 0 Å². The van der Waals surface area contributed by atoms with Crippen LogP contribution in [0.4, 0.5) is 15.3 Å². The van der Waals surface area contributed by atoms with E-state index in [4.69, 9.17) is 13.9 Å². The van der Waals surface area contributed by atoms with Crippen LogP contribution in [-0.2, 0) is 31.9 Å². The zero-order valence-electron chi connectivity index (χ0n) is 34.6. The highest BCUT2D eigenvalue weighted by Gasteiger charge is 2.37. The summed E-state index contributed by atoms with van der Waals surface area (Å²) in [6, 6.07) is 11.6. The number of unbranched alkanes of at least 4 members (excludes halogenated alkanes) is 1. The summed E-state index contributed by atoms with van der Waals surface area (Å²) in [6.07, 6.45) is 3.93. The van der Waals surface area contributed by atoms with Gasteiger partial charge in [0.2, 0.25) is 0 Å². The molecule has 4 aliphatic heterocycles. The normalized spacial score (nSPS) is 19.1. The number of aromatic nitrogens is 1. The molecule has 0 unspecified atom stereocenters. The van der Waals surface area contributed by atoms with Gasteiger partial charge in [0, 0.05) is 83.1 Å². The number of piperazine rings is 1. The van der Waals surface area contributed by atoms with Crippen LogP contribution in [0.5, 0.6) is 0 Å². The zero-order valence-corrected chi connectivity index (χ0v) is 34.6. The lowest BCUT2D eigenvalue weighted by molar-refractivity contribution is -0.145. The first-order chi connectivity index (χ1) is 28.1. The molecule has 4 aliphatic rings. The molecule has 3 saturated heterocycles. The number of likely N-dealkylation sites (tertiary alicyclic amines) is 2. The fourth-order valence-electron chi connectivity index (χ4n) is 8.60. The number of esters is 1. The Morgan fingerprint density at radius 1 is 0.879 bits per heavy atom. The van der Waals surface area contributed by atoms with Crippen LogP contribution in [0.25, 0.3) is 11.1 Å². The van der Waals surface area contributed by atoms with Crippen molar-refractivity contribution in [3.8, 4) is 0 Å². The number of benzene rings is 2. The lowest BCUT2D eigenvalue weighted by atomic mass is 9.99. The fourth-order valence-corrected chi connectivity index (χ4v) is 8.60. The number of anilines is 1. The summed E-state index contributed by atoms with van der Waals surface area (Å²) in [5.74, 6) is -0.967. The summed E-state index contributed by atoms with van der Waals surface area (Å²) < 4.78 is 16.8. The summed E-state index contributed by atoms with van der Waals surface area (Å²) in [7, 11) is 0.